The molecule has 0 spiro atoms. The monoisotopic (exact) mass is 539 g/mol. The first-order valence-corrected chi connectivity index (χ1v) is 14.5. The van der Waals surface area contributed by atoms with Gasteiger partial charge in [-0.3, -0.25) is 4.98 Å². The zero-order valence-corrected chi connectivity index (χ0v) is 24.4. The van der Waals surface area contributed by atoms with E-state index in [1.54, 1.807) is 14.2 Å². The average Bonchev–Trinajstić information content (AvgIpc) is 3.02. The first-order chi connectivity index (χ1) is 20.1. The van der Waals surface area contributed by atoms with E-state index >= 15 is 0 Å². The van der Waals surface area contributed by atoms with Crippen LogP contribution in [0.1, 0.15) is 46.6 Å². The smallest absolute Gasteiger partial charge is 0.131 e. The van der Waals surface area contributed by atoms with Gasteiger partial charge in [-0.2, -0.15) is 0 Å². The van der Waals surface area contributed by atoms with Gasteiger partial charge in [0.2, 0.25) is 0 Å². The maximum atomic E-state index is 5.84. The molecule has 0 bridgehead atoms. The Kier molecular flexibility index (Phi) is 7.61. The first kappa shape index (κ1) is 26.8. The number of hydrogen-bond acceptors (Lipinski definition) is 3. The van der Waals surface area contributed by atoms with Crippen molar-refractivity contribution in [3.8, 4) is 11.5 Å². The van der Waals surface area contributed by atoms with Gasteiger partial charge in [-0.1, -0.05) is 66.7 Å². The van der Waals surface area contributed by atoms with Crippen LogP contribution in [-0.2, 0) is 12.8 Å². The van der Waals surface area contributed by atoms with E-state index in [4.69, 9.17) is 9.47 Å². The minimum atomic E-state index is 0.572. The summed E-state index contributed by atoms with van der Waals surface area (Å²) in [6.07, 6.45) is 8.41. The number of methoxy groups -OCH3 is 2. The maximum Gasteiger partial charge on any atom is 0.131 e. The average molecular weight is 540 g/mol. The van der Waals surface area contributed by atoms with Crippen LogP contribution in [0.4, 0.5) is 0 Å². The number of benzene rings is 5. The van der Waals surface area contributed by atoms with Crippen molar-refractivity contribution in [1.29, 1.82) is 0 Å². The number of pyridine rings is 1. The van der Waals surface area contributed by atoms with Crippen molar-refractivity contribution in [3.63, 3.8) is 0 Å². The largest absolute Gasteiger partial charge is 0.496 e. The van der Waals surface area contributed by atoms with Crippen LogP contribution < -0.4 is 9.47 Å². The summed E-state index contributed by atoms with van der Waals surface area (Å²) in [7, 11) is 3.48. The molecule has 6 aromatic rings. The van der Waals surface area contributed by atoms with Crippen LogP contribution in [0.3, 0.4) is 0 Å². The molecule has 206 valence electrons. The number of aryl methyl sites for hydroxylation is 3. The number of ether oxygens (including phenoxy) is 2. The van der Waals surface area contributed by atoms with Crippen molar-refractivity contribution in [2.75, 3.05) is 14.2 Å². The SMILES string of the molecule is COc1cccc2c1c(OC)cc1c3c(ccc12)C(Cc1ccc(C)c(C)c1)CCC3.c1ccc2cnccc2c1. The van der Waals surface area contributed by atoms with E-state index in [-0.39, 0.29) is 0 Å². The zero-order chi connectivity index (χ0) is 28.3. The number of aromatic nitrogens is 1. The molecule has 1 aliphatic rings. The molecule has 1 aliphatic carbocycles. The molecule has 5 aromatic carbocycles. The Morgan fingerprint density at radius 2 is 1.56 bits per heavy atom. The highest BCUT2D eigenvalue weighted by Gasteiger charge is 2.24. The van der Waals surface area contributed by atoms with E-state index in [0.717, 1.165) is 29.7 Å². The minimum Gasteiger partial charge on any atom is -0.496 e. The predicted molar refractivity (Wildman–Crippen MR) is 172 cm³/mol. The number of nitrogens with zero attached hydrogens (tertiary/aromatic N) is 1. The van der Waals surface area contributed by atoms with Crippen LogP contribution in [0.2, 0.25) is 0 Å². The molecule has 1 atom stereocenters. The third kappa shape index (κ3) is 5.25. The maximum absolute atomic E-state index is 5.84. The van der Waals surface area contributed by atoms with Crippen molar-refractivity contribution in [2.24, 2.45) is 0 Å². The van der Waals surface area contributed by atoms with Gasteiger partial charge in [-0.05, 0) is 118 Å². The summed E-state index contributed by atoms with van der Waals surface area (Å²) in [5.41, 5.74) is 7.22. The Bertz CT molecular complexity index is 1790. The molecule has 1 aromatic heterocycles. The fraction of sp³-hybridized carbons (Fsp3) is 0.237. The van der Waals surface area contributed by atoms with Crippen LogP contribution in [0.15, 0.2) is 97.3 Å². The van der Waals surface area contributed by atoms with Gasteiger partial charge in [0.1, 0.15) is 11.5 Å². The Morgan fingerprint density at radius 3 is 2.34 bits per heavy atom. The van der Waals surface area contributed by atoms with Gasteiger partial charge in [0.05, 0.1) is 19.6 Å². The lowest BCUT2D eigenvalue weighted by Gasteiger charge is -2.28. The molecule has 0 saturated heterocycles. The molecule has 7 rings (SSSR count). The molecule has 0 N–H and O–H groups in total. The summed E-state index contributed by atoms with van der Waals surface area (Å²) in [4.78, 5) is 4.01. The zero-order valence-electron chi connectivity index (χ0n) is 24.4. The Balaban J connectivity index is 0.000000253. The standard InChI is InChI=1S/C29H30O2.C9H7N/c1-18-11-12-20(15-19(18)2)16-21-7-5-8-23-22(21)13-14-24-25-9-6-10-27(30-3)29(25)28(31-4)17-26(23)24;1-2-4-9-7-10-6-5-8(9)3-1/h6,9-15,17,21H,5,7-8,16H2,1-4H3;1-7H. The van der Waals surface area contributed by atoms with Gasteiger partial charge in [0, 0.05) is 12.4 Å². The van der Waals surface area contributed by atoms with Crippen molar-refractivity contribution < 1.29 is 9.47 Å². The van der Waals surface area contributed by atoms with Crippen molar-refractivity contribution in [1.82, 2.24) is 4.98 Å². The van der Waals surface area contributed by atoms with E-state index in [1.807, 2.05) is 36.7 Å². The van der Waals surface area contributed by atoms with Crippen molar-refractivity contribution in [3.05, 3.63) is 125 Å². The molecule has 3 heteroatoms. The van der Waals surface area contributed by atoms with E-state index in [9.17, 15) is 0 Å². The summed E-state index contributed by atoms with van der Waals surface area (Å²) in [5.74, 6) is 2.33. The van der Waals surface area contributed by atoms with Crippen LogP contribution in [0.5, 0.6) is 11.5 Å². The van der Waals surface area contributed by atoms with Crippen LogP contribution in [-0.4, -0.2) is 19.2 Å². The van der Waals surface area contributed by atoms with Gasteiger partial charge in [-0.15, -0.1) is 0 Å². The minimum absolute atomic E-state index is 0.572. The van der Waals surface area contributed by atoms with Crippen LogP contribution in [0, 0.1) is 13.8 Å². The second kappa shape index (κ2) is 11.6. The summed E-state index contributed by atoms with van der Waals surface area (Å²) in [6.45, 7) is 4.40. The second-order valence-corrected chi connectivity index (χ2v) is 11.1. The number of rotatable bonds is 4. The van der Waals surface area contributed by atoms with E-state index in [2.05, 4.69) is 79.5 Å². The van der Waals surface area contributed by atoms with E-state index in [1.165, 1.54) is 67.6 Å². The topological polar surface area (TPSA) is 31.4 Å². The highest BCUT2D eigenvalue weighted by Crippen LogP contribution is 2.44. The third-order valence-corrected chi connectivity index (χ3v) is 8.69. The molecule has 0 radical (unpaired) electrons. The fourth-order valence-electron chi connectivity index (χ4n) is 6.42. The summed E-state index contributed by atoms with van der Waals surface area (Å²) in [6, 6.07) is 30.3. The highest BCUT2D eigenvalue weighted by atomic mass is 16.5. The molecule has 0 aliphatic heterocycles. The molecule has 1 unspecified atom stereocenters. The number of fused-ring (bicyclic) bond motifs is 6. The Labute approximate surface area is 242 Å². The molecule has 0 amide bonds. The van der Waals surface area contributed by atoms with Gasteiger partial charge in [-0.25, -0.2) is 0 Å². The van der Waals surface area contributed by atoms with Gasteiger partial charge >= 0.3 is 0 Å². The summed E-state index contributed by atoms with van der Waals surface area (Å²) >= 11 is 0. The van der Waals surface area contributed by atoms with Gasteiger partial charge in [0.15, 0.2) is 0 Å². The normalized spacial score (nSPS) is 14.4. The first-order valence-electron chi connectivity index (χ1n) is 14.5. The van der Waals surface area contributed by atoms with Crippen molar-refractivity contribution >= 4 is 32.3 Å². The fourth-order valence-corrected chi connectivity index (χ4v) is 6.42. The lowest BCUT2D eigenvalue weighted by molar-refractivity contribution is 0.405. The molecule has 3 nitrogen and oxygen atoms in total. The van der Waals surface area contributed by atoms with Crippen LogP contribution >= 0.6 is 0 Å². The Morgan fingerprint density at radius 1 is 0.732 bits per heavy atom. The van der Waals surface area contributed by atoms with Gasteiger partial charge in [0.25, 0.3) is 0 Å². The molecule has 0 fully saturated rings. The second-order valence-electron chi connectivity index (χ2n) is 11.1. The predicted octanol–water partition coefficient (Wildman–Crippen LogP) is 9.52. The lowest BCUT2D eigenvalue weighted by atomic mass is 9.77. The Hall–Kier alpha value is -4.37. The van der Waals surface area contributed by atoms with Crippen molar-refractivity contribution in [2.45, 2.75) is 45.4 Å². The number of hydrogen-bond donors (Lipinski definition) is 0. The van der Waals surface area contributed by atoms with E-state index in [0.29, 0.717) is 5.92 Å². The molecule has 0 saturated carbocycles. The quantitative estimate of drug-likeness (QED) is 0.209. The summed E-state index contributed by atoms with van der Waals surface area (Å²) < 4.78 is 11.5. The molecular formula is C38H37NO2. The lowest BCUT2D eigenvalue weighted by Crippen LogP contribution is -2.13. The molecule has 1 heterocycles. The highest BCUT2D eigenvalue weighted by molar-refractivity contribution is 6.13. The molecular weight excluding hydrogens is 502 g/mol. The summed E-state index contributed by atoms with van der Waals surface area (Å²) in [5, 5.41) is 7.33. The van der Waals surface area contributed by atoms with Crippen LogP contribution in [0.25, 0.3) is 32.3 Å². The van der Waals surface area contributed by atoms with Gasteiger partial charge < -0.3 is 9.47 Å². The van der Waals surface area contributed by atoms with E-state index < -0.39 is 0 Å². The molecule has 41 heavy (non-hydrogen) atoms. The third-order valence-electron chi connectivity index (χ3n) is 8.69.